The van der Waals surface area contributed by atoms with Crippen LogP contribution in [0.3, 0.4) is 0 Å². The SMILES string of the molecule is O=C1CN(C2CCS(=O)(=O)C2)C(=O)N1C1CC1. The minimum atomic E-state index is -3.02. The summed E-state index contributed by atoms with van der Waals surface area (Å²) in [6.45, 7) is 0.0511. The summed E-state index contributed by atoms with van der Waals surface area (Å²) in [7, 11) is -3.02. The molecule has 0 aromatic heterocycles. The molecule has 94 valence electrons. The monoisotopic (exact) mass is 258 g/mol. The first kappa shape index (κ1) is 11.0. The van der Waals surface area contributed by atoms with E-state index < -0.39 is 9.84 Å². The van der Waals surface area contributed by atoms with Crippen molar-refractivity contribution in [3.63, 3.8) is 0 Å². The van der Waals surface area contributed by atoms with Crippen LogP contribution in [0, 0.1) is 0 Å². The molecule has 3 amide bonds. The van der Waals surface area contributed by atoms with Crippen LogP contribution in [0.4, 0.5) is 4.79 Å². The maximum Gasteiger partial charge on any atom is 0.327 e. The molecule has 7 heteroatoms. The van der Waals surface area contributed by atoms with E-state index >= 15 is 0 Å². The number of carbonyl (C=O) groups is 2. The van der Waals surface area contributed by atoms with E-state index in [-0.39, 0.29) is 42.1 Å². The molecule has 3 rings (SSSR count). The van der Waals surface area contributed by atoms with Gasteiger partial charge >= 0.3 is 6.03 Å². The normalized spacial score (nSPS) is 32.6. The molecule has 2 heterocycles. The highest BCUT2D eigenvalue weighted by molar-refractivity contribution is 7.91. The average Bonchev–Trinajstić information content (AvgIpc) is 2.93. The fourth-order valence-electron chi connectivity index (χ4n) is 2.53. The van der Waals surface area contributed by atoms with Crippen LogP contribution in [0.5, 0.6) is 0 Å². The van der Waals surface area contributed by atoms with Gasteiger partial charge < -0.3 is 4.90 Å². The lowest BCUT2D eigenvalue weighted by Gasteiger charge is -2.21. The Balaban J connectivity index is 1.77. The van der Waals surface area contributed by atoms with E-state index in [4.69, 9.17) is 0 Å². The summed E-state index contributed by atoms with van der Waals surface area (Å²) < 4.78 is 22.8. The minimum absolute atomic E-state index is 0.00449. The molecule has 1 saturated carbocycles. The predicted octanol–water partition coefficient (Wildman–Crippen LogP) is -0.400. The lowest BCUT2D eigenvalue weighted by atomic mass is 10.2. The third-order valence-electron chi connectivity index (χ3n) is 3.59. The van der Waals surface area contributed by atoms with Crippen LogP contribution in [-0.4, -0.2) is 60.3 Å². The van der Waals surface area contributed by atoms with Crippen LogP contribution >= 0.6 is 0 Å². The van der Waals surface area contributed by atoms with Crippen LogP contribution < -0.4 is 0 Å². The topological polar surface area (TPSA) is 74.8 Å². The van der Waals surface area contributed by atoms with Crippen molar-refractivity contribution >= 4 is 21.8 Å². The van der Waals surface area contributed by atoms with Crippen molar-refractivity contribution in [1.82, 2.24) is 9.80 Å². The number of urea groups is 1. The standard InChI is InChI=1S/C10H14N2O4S/c13-9-5-11(8-3-4-17(15,16)6-8)10(14)12(9)7-1-2-7/h7-8H,1-6H2. The lowest BCUT2D eigenvalue weighted by molar-refractivity contribution is -0.125. The molecular formula is C10H14N2O4S. The summed E-state index contributed by atoms with van der Waals surface area (Å²) in [5, 5.41) is 0. The third-order valence-corrected chi connectivity index (χ3v) is 5.34. The van der Waals surface area contributed by atoms with Crippen molar-refractivity contribution in [3.05, 3.63) is 0 Å². The zero-order valence-corrected chi connectivity index (χ0v) is 10.1. The van der Waals surface area contributed by atoms with E-state index in [1.165, 1.54) is 9.80 Å². The highest BCUT2D eigenvalue weighted by atomic mass is 32.2. The Hall–Kier alpha value is -1.11. The van der Waals surface area contributed by atoms with E-state index in [1.54, 1.807) is 0 Å². The lowest BCUT2D eigenvalue weighted by Crippen LogP contribution is -2.40. The Morgan fingerprint density at radius 2 is 1.76 bits per heavy atom. The number of amides is 3. The zero-order valence-electron chi connectivity index (χ0n) is 9.33. The smallest absolute Gasteiger partial charge is 0.311 e. The molecule has 0 aromatic rings. The summed E-state index contributed by atoms with van der Waals surface area (Å²) in [6.07, 6.45) is 2.22. The van der Waals surface area contributed by atoms with Gasteiger partial charge in [-0.3, -0.25) is 9.69 Å². The molecule has 0 radical (unpaired) electrons. The molecule has 1 atom stereocenters. The van der Waals surface area contributed by atoms with Crippen molar-refractivity contribution in [3.8, 4) is 0 Å². The summed E-state index contributed by atoms with van der Waals surface area (Å²) in [5.74, 6) is -0.0503. The Morgan fingerprint density at radius 3 is 2.29 bits per heavy atom. The fraction of sp³-hybridized carbons (Fsp3) is 0.800. The summed E-state index contributed by atoms with van der Waals surface area (Å²) in [4.78, 5) is 26.5. The number of rotatable bonds is 2. The van der Waals surface area contributed by atoms with Gasteiger partial charge in [-0.25, -0.2) is 13.2 Å². The van der Waals surface area contributed by atoms with Gasteiger partial charge in [-0.1, -0.05) is 0 Å². The number of nitrogens with zero attached hydrogens (tertiary/aromatic N) is 2. The molecule has 1 aliphatic carbocycles. The average molecular weight is 258 g/mol. The van der Waals surface area contributed by atoms with Gasteiger partial charge in [-0.2, -0.15) is 0 Å². The van der Waals surface area contributed by atoms with Gasteiger partial charge in [-0.05, 0) is 19.3 Å². The second kappa shape index (κ2) is 3.44. The van der Waals surface area contributed by atoms with Gasteiger partial charge in [0.1, 0.15) is 6.54 Å². The second-order valence-corrected chi connectivity index (χ2v) is 7.19. The quantitative estimate of drug-likeness (QED) is 0.632. The highest BCUT2D eigenvalue weighted by Gasteiger charge is 2.48. The van der Waals surface area contributed by atoms with Crippen LogP contribution in [-0.2, 0) is 14.6 Å². The maximum atomic E-state index is 12.0. The Bertz CT molecular complexity index is 483. The van der Waals surface area contributed by atoms with Crippen LogP contribution in [0.15, 0.2) is 0 Å². The molecule has 1 unspecified atom stereocenters. The van der Waals surface area contributed by atoms with Crippen LogP contribution in [0.2, 0.25) is 0 Å². The van der Waals surface area contributed by atoms with Crippen LogP contribution in [0.25, 0.3) is 0 Å². The summed E-state index contributed by atoms with van der Waals surface area (Å²) >= 11 is 0. The summed E-state index contributed by atoms with van der Waals surface area (Å²) in [5.41, 5.74) is 0. The van der Waals surface area contributed by atoms with Crippen molar-refractivity contribution in [1.29, 1.82) is 0 Å². The first-order chi connectivity index (χ1) is 7.98. The predicted molar refractivity (Wildman–Crippen MR) is 59.0 cm³/mol. The van der Waals surface area contributed by atoms with Crippen molar-refractivity contribution in [2.75, 3.05) is 18.1 Å². The fourth-order valence-corrected chi connectivity index (χ4v) is 4.26. The highest BCUT2D eigenvalue weighted by Crippen LogP contribution is 2.32. The van der Waals surface area contributed by atoms with Crippen molar-refractivity contribution in [2.24, 2.45) is 0 Å². The van der Waals surface area contributed by atoms with Crippen molar-refractivity contribution < 1.29 is 18.0 Å². The molecular weight excluding hydrogens is 244 g/mol. The molecule has 0 aromatic carbocycles. The Labute approximate surface area is 99.5 Å². The second-order valence-electron chi connectivity index (χ2n) is 4.96. The van der Waals surface area contributed by atoms with Gasteiger partial charge in [0, 0.05) is 12.1 Å². The summed E-state index contributed by atoms with van der Waals surface area (Å²) in [6, 6.07) is -0.530. The van der Waals surface area contributed by atoms with Gasteiger partial charge in [0.25, 0.3) is 5.91 Å². The number of carbonyl (C=O) groups excluding carboxylic acids is 2. The number of sulfone groups is 1. The number of imide groups is 1. The van der Waals surface area contributed by atoms with E-state index in [0.717, 1.165) is 12.8 Å². The van der Waals surface area contributed by atoms with Crippen molar-refractivity contribution in [2.45, 2.75) is 31.3 Å². The van der Waals surface area contributed by atoms with Gasteiger partial charge in [0.15, 0.2) is 9.84 Å². The van der Waals surface area contributed by atoms with E-state index in [9.17, 15) is 18.0 Å². The van der Waals surface area contributed by atoms with E-state index in [1.807, 2.05) is 0 Å². The first-order valence-electron chi connectivity index (χ1n) is 5.81. The van der Waals surface area contributed by atoms with Gasteiger partial charge in [0.05, 0.1) is 11.5 Å². The largest absolute Gasteiger partial charge is 0.327 e. The van der Waals surface area contributed by atoms with Gasteiger partial charge in [-0.15, -0.1) is 0 Å². The first-order valence-corrected chi connectivity index (χ1v) is 7.63. The maximum absolute atomic E-state index is 12.0. The Morgan fingerprint density at radius 1 is 1.06 bits per heavy atom. The molecule has 17 heavy (non-hydrogen) atoms. The molecule has 0 N–H and O–H groups in total. The zero-order chi connectivity index (χ0) is 12.2. The Kier molecular flexibility index (Phi) is 2.23. The van der Waals surface area contributed by atoms with E-state index in [2.05, 4.69) is 0 Å². The molecule has 2 saturated heterocycles. The molecule has 3 fully saturated rings. The molecule has 2 aliphatic heterocycles. The third kappa shape index (κ3) is 1.82. The molecule has 0 bridgehead atoms. The molecule has 6 nitrogen and oxygen atoms in total. The number of hydrogen-bond donors (Lipinski definition) is 0. The van der Waals surface area contributed by atoms with Gasteiger partial charge in [0.2, 0.25) is 0 Å². The molecule has 0 spiro atoms. The van der Waals surface area contributed by atoms with Crippen LogP contribution in [0.1, 0.15) is 19.3 Å². The number of hydrogen-bond acceptors (Lipinski definition) is 4. The van der Waals surface area contributed by atoms with E-state index in [0.29, 0.717) is 6.42 Å². The minimum Gasteiger partial charge on any atom is -0.311 e. The molecule has 3 aliphatic rings.